The van der Waals surface area contributed by atoms with Crippen LogP contribution < -0.4 is 15.4 Å². The van der Waals surface area contributed by atoms with Crippen molar-refractivity contribution in [1.29, 1.82) is 0 Å². The van der Waals surface area contributed by atoms with Crippen LogP contribution in [-0.2, 0) is 4.79 Å². The second-order valence-corrected chi connectivity index (χ2v) is 4.66. The van der Waals surface area contributed by atoms with E-state index in [0.717, 1.165) is 17.0 Å². The van der Waals surface area contributed by atoms with E-state index in [2.05, 4.69) is 15.6 Å². The molecule has 1 atom stereocenters. The fourth-order valence-corrected chi connectivity index (χ4v) is 1.90. The quantitative estimate of drug-likeness (QED) is 0.855. The SMILES string of the molecule is COc1ccc(NC(=O)CN[C@@H](C)c2ccncc2)cc1. The molecule has 0 aliphatic carbocycles. The number of benzene rings is 1. The Bertz CT molecular complexity index is 570. The molecule has 1 aromatic heterocycles. The van der Waals surface area contributed by atoms with Crippen molar-refractivity contribution in [1.82, 2.24) is 10.3 Å². The lowest BCUT2D eigenvalue weighted by atomic mass is 10.1. The van der Waals surface area contributed by atoms with Crippen LogP contribution in [0.15, 0.2) is 48.8 Å². The monoisotopic (exact) mass is 285 g/mol. The summed E-state index contributed by atoms with van der Waals surface area (Å²) in [6.45, 7) is 2.26. The summed E-state index contributed by atoms with van der Waals surface area (Å²) in [5.41, 5.74) is 1.85. The molecule has 0 radical (unpaired) electrons. The lowest BCUT2D eigenvalue weighted by molar-refractivity contribution is -0.115. The third-order valence-electron chi connectivity index (χ3n) is 3.15. The maximum atomic E-state index is 11.9. The lowest BCUT2D eigenvalue weighted by Crippen LogP contribution is -2.30. The molecule has 5 heteroatoms. The topological polar surface area (TPSA) is 63.2 Å². The fraction of sp³-hybridized carbons (Fsp3) is 0.250. The number of pyridine rings is 1. The summed E-state index contributed by atoms with van der Waals surface area (Å²) in [7, 11) is 1.61. The molecule has 0 bridgehead atoms. The van der Waals surface area contributed by atoms with Gasteiger partial charge >= 0.3 is 0 Å². The molecule has 2 aromatic rings. The van der Waals surface area contributed by atoms with Crippen molar-refractivity contribution in [2.45, 2.75) is 13.0 Å². The molecule has 0 spiro atoms. The normalized spacial score (nSPS) is 11.7. The lowest BCUT2D eigenvalue weighted by Gasteiger charge is -2.14. The van der Waals surface area contributed by atoms with Gasteiger partial charge in [0.15, 0.2) is 0 Å². The van der Waals surface area contributed by atoms with Gasteiger partial charge in [0.25, 0.3) is 0 Å². The number of methoxy groups -OCH3 is 1. The fourth-order valence-electron chi connectivity index (χ4n) is 1.90. The van der Waals surface area contributed by atoms with E-state index in [4.69, 9.17) is 4.74 Å². The Balaban J connectivity index is 1.81. The minimum absolute atomic E-state index is 0.0823. The molecule has 0 fully saturated rings. The van der Waals surface area contributed by atoms with Crippen molar-refractivity contribution in [3.8, 4) is 5.75 Å². The van der Waals surface area contributed by atoms with Crippen molar-refractivity contribution in [3.63, 3.8) is 0 Å². The molecule has 1 amide bonds. The summed E-state index contributed by atoms with van der Waals surface area (Å²) in [6, 6.07) is 11.2. The highest BCUT2D eigenvalue weighted by atomic mass is 16.5. The Morgan fingerprint density at radius 1 is 1.19 bits per heavy atom. The highest BCUT2D eigenvalue weighted by Crippen LogP contribution is 2.15. The number of carbonyl (C=O) groups is 1. The first-order valence-corrected chi connectivity index (χ1v) is 6.76. The van der Waals surface area contributed by atoms with Gasteiger partial charge in [0, 0.05) is 24.1 Å². The van der Waals surface area contributed by atoms with Crippen LogP contribution in [-0.4, -0.2) is 24.5 Å². The molecule has 0 saturated carbocycles. The zero-order valence-electron chi connectivity index (χ0n) is 12.2. The van der Waals surface area contributed by atoms with Gasteiger partial charge in [0.05, 0.1) is 13.7 Å². The van der Waals surface area contributed by atoms with Crippen LogP contribution in [0.3, 0.4) is 0 Å². The van der Waals surface area contributed by atoms with Gasteiger partial charge in [-0.25, -0.2) is 0 Å². The summed E-state index contributed by atoms with van der Waals surface area (Å²) in [6.07, 6.45) is 3.48. The van der Waals surface area contributed by atoms with Gasteiger partial charge in [-0.15, -0.1) is 0 Å². The van der Waals surface area contributed by atoms with E-state index in [9.17, 15) is 4.79 Å². The molecule has 21 heavy (non-hydrogen) atoms. The third-order valence-corrected chi connectivity index (χ3v) is 3.15. The second kappa shape index (κ2) is 7.40. The minimum atomic E-state index is -0.0823. The molecular weight excluding hydrogens is 266 g/mol. The van der Waals surface area contributed by atoms with Crippen molar-refractivity contribution < 1.29 is 9.53 Å². The number of anilines is 1. The van der Waals surface area contributed by atoms with Crippen molar-refractivity contribution in [2.75, 3.05) is 19.0 Å². The van der Waals surface area contributed by atoms with E-state index in [0.29, 0.717) is 0 Å². The van der Waals surface area contributed by atoms with Gasteiger partial charge in [-0.2, -0.15) is 0 Å². The molecule has 2 N–H and O–H groups in total. The third kappa shape index (κ3) is 4.57. The minimum Gasteiger partial charge on any atom is -0.497 e. The second-order valence-electron chi connectivity index (χ2n) is 4.66. The highest BCUT2D eigenvalue weighted by Gasteiger charge is 2.07. The number of nitrogens with zero attached hydrogens (tertiary/aromatic N) is 1. The standard InChI is InChI=1S/C16H19N3O2/c1-12(13-7-9-17-10-8-13)18-11-16(20)19-14-3-5-15(21-2)6-4-14/h3-10,12,18H,11H2,1-2H3,(H,19,20)/t12-/m0/s1. The van der Waals surface area contributed by atoms with E-state index in [1.807, 2.05) is 43.3 Å². The Hall–Kier alpha value is -2.40. The van der Waals surface area contributed by atoms with Crippen LogP contribution in [0.2, 0.25) is 0 Å². The predicted molar refractivity (Wildman–Crippen MR) is 82.3 cm³/mol. The van der Waals surface area contributed by atoms with Gasteiger partial charge in [0.2, 0.25) is 5.91 Å². The van der Waals surface area contributed by atoms with E-state index in [-0.39, 0.29) is 18.5 Å². The molecule has 1 heterocycles. The number of carbonyl (C=O) groups excluding carboxylic acids is 1. The number of rotatable bonds is 6. The van der Waals surface area contributed by atoms with Crippen LogP contribution in [0.25, 0.3) is 0 Å². The molecule has 0 saturated heterocycles. The average molecular weight is 285 g/mol. The number of hydrogen-bond acceptors (Lipinski definition) is 4. The van der Waals surface area contributed by atoms with Crippen LogP contribution in [0.1, 0.15) is 18.5 Å². The molecule has 110 valence electrons. The Labute approximate surface area is 124 Å². The van der Waals surface area contributed by atoms with Gasteiger partial charge in [0.1, 0.15) is 5.75 Å². The number of nitrogens with one attached hydrogen (secondary N) is 2. The zero-order valence-corrected chi connectivity index (χ0v) is 12.2. The first-order chi connectivity index (χ1) is 10.2. The van der Waals surface area contributed by atoms with Crippen LogP contribution in [0, 0.1) is 0 Å². The van der Waals surface area contributed by atoms with Crippen molar-refractivity contribution in [3.05, 3.63) is 54.4 Å². The van der Waals surface area contributed by atoms with E-state index in [1.54, 1.807) is 19.5 Å². The van der Waals surface area contributed by atoms with E-state index in [1.165, 1.54) is 0 Å². The van der Waals surface area contributed by atoms with Crippen LogP contribution in [0.5, 0.6) is 5.75 Å². The van der Waals surface area contributed by atoms with Gasteiger partial charge < -0.3 is 15.4 Å². The summed E-state index contributed by atoms with van der Waals surface area (Å²) < 4.78 is 5.07. The molecule has 0 unspecified atom stereocenters. The maximum absolute atomic E-state index is 11.9. The molecule has 0 aliphatic rings. The summed E-state index contributed by atoms with van der Waals surface area (Å²) >= 11 is 0. The zero-order chi connectivity index (χ0) is 15.1. The van der Waals surface area contributed by atoms with Crippen LogP contribution in [0.4, 0.5) is 5.69 Å². The number of aromatic nitrogens is 1. The Kier molecular flexibility index (Phi) is 5.29. The van der Waals surface area contributed by atoms with E-state index >= 15 is 0 Å². The van der Waals surface area contributed by atoms with Gasteiger partial charge in [-0.3, -0.25) is 9.78 Å². The molecule has 2 rings (SSSR count). The van der Waals surface area contributed by atoms with E-state index < -0.39 is 0 Å². The summed E-state index contributed by atoms with van der Waals surface area (Å²) in [5, 5.41) is 6.01. The average Bonchev–Trinajstić information content (AvgIpc) is 2.54. The summed E-state index contributed by atoms with van der Waals surface area (Å²) in [5.74, 6) is 0.679. The number of ether oxygens (including phenoxy) is 1. The molecule has 1 aromatic carbocycles. The Morgan fingerprint density at radius 2 is 1.86 bits per heavy atom. The molecule has 5 nitrogen and oxygen atoms in total. The van der Waals surface area contributed by atoms with Crippen molar-refractivity contribution >= 4 is 11.6 Å². The first kappa shape index (κ1) is 15.0. The first-order valence-electron chi connectivity index (χ1n) is 6.76. The molecular formula is C16H19N3O2. The summed E-state index contributed by atoms with van der Waals surface area (Å²) in [4.78, 5) is 15.9. The van der Waals surface area contributed by atoms with Gasteiger partial charge in [-0.05, 0) is 48.9 Å². The number of hydrogen-bond donors (Lipinski definition) is 2. The maximum Gasteiger partial charge on any atom is 0.238 e. The number of amides is 1. The van der Waals surface area contributed by atoms with Crippen molar-refractivity contribution in [2.24, 2.45) is 0 Å². The van der Waals surface area contributed by atoms with Gasteiger partial charge in [-0.1, -0.05) is 0 Å². The smallest absolute Gasteiger partial charge is 0.238 e. The highest BCUT2D eigenvalue weighted by molar-refractivity contribution is 5.92. The Morgan fingerprint density at radius 3 is 2.48 bits per heavy atom. The largest absolute Gasteiger partial charge is 0.497 e. The predicted octanol–water partition coefficient (Wildman–Crippen LogP) is 2.38. The molecule has 0 aliphatic heterocycles. The van der Waals surface area contributed by atoms with Crippen LogP contribution >= 0.6 is 0 Å².